The van der Waals surface area contributed by atoms with Gasteiger partial charge in [-0.2, -0.15) is 0 Å². The van der Waals surface area contributed by atoms with Gasteiger partial charge in [0, 0.05) is 43.3 Å². The largest absolute Gasteiger partial charge is 0.378 e. The number of piperidine rings is 1. The molecule has 1 aromatic carbocycles. The van der Waals surface area contributed by atoms with Gasteiger partial charge in [0.15, 0.2) is 0 Å². The highest BCUT2D eigenvalue weighted by molar-refractivity contribution is 5.94. The van der Waals surface area contributed by atoms with E-state index in [1.54, 1.807) is 0 Å². The van der Waals surface area contributed by atoms with Gasteiger partial charge in [0.2, 0.25) is 0 Å². The molecule has 3 rings (SSSR count). The SMILES string of the molecule is O=CC1CCN(C(=O)c2ccc(N3CCOCC3)cc2)CC1. The van der Waals surface area contributed by atoms with Crippen molar-refractivity contribution in [1.29, 1.82) is 0 Å². The van der Waals surface area contributed by atoms with Crippen LogP contribution in [0.5, 0.6) is 0 Å². The van der Waals surface area contributed by atoms with Crippen LogP contribution in [0.25, 0.3) is 0 Å². The van der Waals surface area contributed by atoms with Crippen molar-refractivity contribution in [2.45, 2.75) is 12.8 Å². The highest BCUT2D eigenvalue weighted by Crippen LogP contribution is 2.20. The van der Waals surface area contributed by atoms with Crippen LogP contribution in [0.4, 0.5) is 5.69 Å². The molecule has 0 spiro atoms. The number of hydrogen-bond donors (Lipinski definition) is 0. The Labute approximate surface area is 130 Å². The number of anilines is 1. The van der Waals surface area contributed by atoms with Gasteiger partial charge in [-0.3, -0.25) is 4.79 Å². The van der Waals surface area contributed by atoms with Crippen LogP contribution in [0.1, 0.15) is 23.2 Å². The fourth-order valence-corrected chi connectivity index (χ4v) is 3.06. The monoisotopic (exact) mass is 302 g/mol. The molecule has 2 heterocycles. The number of carbonyl (C=O) groups is 2. The molecule has 0 atom stereocenters. The van der Waals surface area contributed by atoms with Gasteiger partial charge in [-0.15, -0.1) is 0 Å². The molecule has 0 radical (unpaired) electrons. The van der Waals surface area contributed by atoms with E-state index in [-0.39, 0.29) is 11.8 Å². The van der Waals surface area contributed by atoms with Crippen molar-refractivity contribution in [3.63, 3.8) is 0 Å². The number of nitrogens with zero attached hydrogens (tertiary/aromatic N) is 2. The molecule has 2 fully saturated rings. The Hall–Kier alpha value is -1.88. The van der Waals surface area contributed by atoms with E-state index in [2.05, 4.69) is 4.90 Å². The highest BCUT2D eigenvalue weighted by Gasteiger charge is 2.23. The van der Waals surface area contributed by atoms with Gasteiger partial charge in [0.25, 0.3) is 5.91 Å². The van der Waals surface area contributed by atoms with E-state index in [0.29, 0.717) is 13.1 Å². The molecule has 0 saturated carbocycles. The number of likely N-dealkylation sites (tertiary alicyclic amines) is 1. The van der Waals surface area contributed by atoms with Crippen LogP contribution in [0, 0.1) is 5.92 Å². The van der Waals surface area contributed by atoms with Crippen molar-refractivity contribution in [3.8, 4) is 0 Å². The molecule has 2 aliphatic rings. The fourth-order valence-electron chi connectivity index (χ4n) is 3.06. The predicted octanol–water partition coefficient (Wildman–Crippen LogP) is 1.57. The molecule has 2 saturated heterocycles. The lowest BCUT2D eigenvalue weighted by Crippen LogP contribution is -2.39. The van der Waals surface area contributed by atoms with Crippen molar-refractivity contribution in [3.05, 3.63) is 29.8 Å². The first-order chi connectivity index (χ1) is 10.8. The number of carbonyl (C=O) groups excluding carboxylic acids is 2. The van der Waals surface area contributed by atoms with Gasteiger partial charge in [-0.05, 0) is 37.1 Å². The Morgan fingerprint density at radius 3 is 2.27 bits per heavy atom. The van der Waals surface area contributed by atoms with Gasteiger partial charge in [0.1, 0.15) is 6.29 Å². The summed E-state index contributed by atoms with van der Waals surface area (Å²) in [7, 11) is 0. The summed E-state index contributed by atoms with van der Waals surface area (Å²) in [5.74, 6) is 0.186. The minimum atomic E-state index is 0.0675. The molecule has 22 heavy (non-hydrogen) atoms. The zero-order valence-electron chi connectivity index (χ0n) is 12.7. The summed E-state index contributed by atoms with van der Waals surface area (Å²) in [5.41, 5.74) is 1.86. The molecule has 1 aromatic rings. The number of aldehydes is 1. The molecule has 0 aromatic heterocycles. The zero-order chi connectivity index (χ0) is 15.4. The molecule has 1 amide bonds. The van der Waals surface area contributed by atoms with Crippen molar-refractivity contribution in [2.75, 3.05) is 44.3 Å². The van der Waals surface area contributed by atoms with E-state index in [4.69, 9.17) is 4.74 Å². The van der Waals surface area contributed by atoms with E-state index in [0.717, 1.165) is 56.7 Å². The van der Waals surface area contributed by atoms with Crippen molar-refractivity contribution in [1.82, 2.24) is 4.90 Å². The van der Waals surface area contributed by atoms with E-state index in [9.17, 15) is 9.59 Å². The lowest BCUT2D eigenvalue weighted by Gasteiger charge is -2.30. The van der Waals surface area contributed by atoms with Gasteiger partial charge in [-0.25, -0.2) is 0 Å². The lowest BCUT2D eigenvalue weighted by molar-refractivity contribution is -0.112. The molecular formula is C17H22N2O3. The Bertz CT molecular complexity index is 515. The zero-order valence-corrected chi connectivity index (χ0v) is 12.7. The van der Waals surface area contributed by atoms with Crippen molar-refractivity contribution < 1.29 is 14.3 Å². The quantitative estimate of drug-likeness (QED) is 0.795. The first-order valence-electron chi connectivity index (χ1n) is 7.95. The molecule has 0 N–H and O–H groups in total. The first kappa shape index (κ1) is 15.0. The summed E-state index contributed by atoms with van der Waals surface area (Å²) in [5, 5.41) is 0. The van der Waals surface area contributed by atoms with Crippen LogP contribution in [-0.4, -0.2) is 56.5 Å². The molecule has 0 unspecified atom stereocenters. The minimum Gasteiger partial charge on any atom is -0.378 e. The van der Waals surface area contributed by atoms with E-state index >= 15 is 0 Å². The summed E-state index contributed by atoms with van der Waals surface area (Å²) in [4.78, 5) is 27.4. The topological polar surface area (TPSA) is 49.9 Å². The average molecular weight is 302 g/mol. The molecule has 5 nitrogen and oxygen atoms in total. The van der Waals surface area contributed by atoms with E-state index in [1.807, 2.05) is 29.2 Å². The second kappa shape index (κ2) is 6.92. The molecular weight excluding hydrogens is 280 g/mol. The second-order valence-corrected chi connectivity index (χ2v) is 5.91. The average Bonchev–Trinajstić information content (AvgIpc) is 2.62. The lowest BCUT2D eigenvalue weighted by atomic mass is 9.98. The number of benzene rings is 1. The van der Waals surface area contributed by atoms with Crippen LogP contribution in [-0.2, 0) is 9.53 Å². The molecule has 0 bridgehead atoms. The van der Waals surface area contributed by atoms with E-state index in [1.165, 1.54) is 0 Å². The van der Waals surface area contributed by atoms with Crippen LogP contribution >= 0.6 is 0 Å². The maximum Gasteiger partial charge on any atom is 0.253 e. The molecule has 0 aliphatic carbocycles. The Morgan fingerprint density at radius 2 is 1.68 bits per heavy atom. The third-order valence-electron chi connectivity index (χ3n) is 4.51. The number of morpholine rings is 1. The van der Waals surface area contributed by atoms with Crippen molar-refractivity contribution >= 4 is 17.9 Å². The Morgan fingerprint density at radius 1 is 1.05 bits per heavy atom. The summed E-state index contributed by atoms with van der Waals surface area (Å²) in [6.45, 7) is 4.65. The van der Waals surface area contributed by atoms with Crippen LogP contribution in [0.2, 0.25) is 0 Å². The van der Waals surface area contributed by atoms with Gasteiger partial charge >= 0.3 is 0 Å². The van der Waals surface area contributed by atoms with Crippen LogP contribution < -0.4 is 4.90 Å². The Balaban J connectivity index is 1.62. The molecule has 2 aliphatic heterocycles. The summed E-state index contributed by atoms with van der Waals surface area (Å²) >= 11 is 0. The fraction of sp³-hybridized carbons (Fsp3) is 0.529. The van der Waals surface area contributed by atoms with Gasteiger partial charge < -0.3 is 19.3 Å². The molecule has 5 heteroatoms. The van der Waals surface area contributed by atoms with Gasteiger partial charge in [-0.1, -0.05) is 0 Å². The Kier molecular flexibility index (Phi) is 4.73. The molecule has 118 valence electrons. The third kappa shape index (κ3) is 3.30. The maximum absolute atomic E-state index is 12.5. The minimum absolute atomic E-state index is 0.0675. The van der Waals surface area contributed by atoms with Crippen molar-refractivity contribution in [2.24, 2.45) is 5.92 Å². The number of rotatable bonds is 3. The third-order valence-corrected chi connectivity index (χ3v) is 4.51. The number of amides is 1. The normalized spacial score (nSPS) is 20.0. The maximum atomic E-state index is 12.5. The smallest absolute Gasteiger partial charge is 0.253 e. The van der Waals surface area contributed by atoms with Gasteiger partial charge in [0.05, 0.1) is 13.2 Å². The van der Waals surface area contributed by atoms with Crippen LogP contribution in [0.3, 0.4) is 0 Å². The summed E-state index contributed by atoms with van der Waals surface area (Å²) in [6, 6.07) is 7.82. The highest BCUT2D eigenvalue weighted by atomic mass is 16.5. The van der Waals surface area contributed by atoms with Crippen LogP contribution in [0.15, 0.2) is 24.3 Å². The van der Waals surface area contributed by atoms with E-state index < -0.39 is 0 Å². The first-order valence-corrected chi connectivity index (χ1v) is 7.95. The standard InChI is InChI=1S/C17H22N2O3/c20-13-14-5-7-19(8-6-14)17(21)15-1-3-16(4-2-15)18-9-11-22-12-10-18/h1-4,13-14H,5-12H2. The second-order valence-electron chi connectivity index (χ2n) is 5.91. The summed E-state index contributed by atoms with van der Waals surface area (Å²) in [6.07, 6.45) is 2.57. The number of ether oxygens (including phenoxy) is 1. The number of hydrogen-bond acceptors (Lipinski definition) is 4. The predicted molar refractivity (Wildman–Crippen MR) is 84.2 cm³/mol. The summed E-state index contributed by atoms with van der Waals surface area (Å²) < 4.78 is 5.35.